The summed E-state index contributed by atoms with van der Waals surface area (Å²) in [5, 5.41) is 6.66. The Bertz CT molecular complexity index is 959. The highest BCUT2D eigenvalue weighted by Crippen LogP contribution is 2.23. The lowest BCUT2D eigenvalue weighted by Gasteiger charge is -2.22. The summed E-state index contributed by atoms with van der Waals surface area (Å²) in [6, 6.07) is 2.79. The second-order valence-corrected chi connectivity index (χ2v) is 8.13. The number of aromatic amines is 2. The number of hydrogen-bond acceptors (Lipinski definition) is 5. The van der Waals surface area contributed by atoms with Gasteiger partial charge in [-0.3, -0.25) is 14.7 Å². The second kappa shape index (κ2) is 7.04. The summed E-state index contributed by atoms with van der Waals surface area (Å²) >= 11 is 0. The third kappa shape index (κ3) is 3.42. The van der Waals surface area contributed by atoms with Crippen LogP contribution in [0.25, 0.3) is 0 Å². The molecule has 3 rings (SSSR count). The molecule has 1 fully saturated rings. The van der Waals surface area contributed by atoms with E-state index in [2.05, 4.69) is 15.2 Å². The monoisotopic (exact) mass is 379 g/mol. The molecule has 0 aromatic carbocycles. The molecule has 1 aliphatic rings. The lowest BCUT2D eigenvalue weighted by Crippen LogP contribution is -2.37. The number of aromatic nitrogens is 3. The van der Waals surface area contributed by atoms with Crippen LogP contribution >= 0.6 is 0 Å². The number of rotatable bonds is 3. The molecule has 0 aliphatic carbocycles. The molecule has 9 nitrogen and oxygen atoms in total. The van der Waals surface area contributed by atoms with Crippen molar-refractivity contribution in [3.8, 4) is 0 Å². The largest absolute Gasteiger partial charge is 0.337 e. The number of aryl methyl sites for hydroxylation is 2. The van der Waals surface area contributed by atoms with Crippen molar-refractivity contribution >= 4 is 15.9 Å². The molecule has 2 aromatic heterocycles. The maximum atomic E-state index is 13.0. The lowest BCUT2D eigenvalue weighted by atomic mass is 10.2. The number of carbonyl (C=O) groups excluding carboxylic acids is 1. The van der Waals surface area contributed by atoms with Crippen LogP contribution in [0.3, 0.4) is 0 Å². The summed E-state index contributed by atoms with van der Waals surface area (Å²) < 4.78 is 27.3. The van der Waals surface area contributed by atoms with Crippen molar-refractivity contribution in [2.45, 2.75) is 25.2 Å². The average molecular weight is 379 g/mol. The van der Waals surface area contributed by atoms with E-state index in [9.17, 15) is 18.0 Å². The maximum absolute atomic E-state index is 13.0. The van der Waals surface area contributed by atoms with E-state index in [-0.39, 0.29) is 29.5 Å². The fraction of sp³-hybridized carbons (Fsp3) is 0.438. The first-order chi connectivity index (χ1) is 12.3. The van der Waals surface area contributed by atoms with Crippen LogP contribution in [0.5, 0.6) is 0 Å². The van der Waals surface area contributed by atoms with Gasteiger partial charge in [0.25, 0.3) is 5.91 Å². The molecule has 10 heteroatoms. The average Bonchev–Trinajstić information content (AvgIpc) is 2.81. The highest BCUT2D eigenvalue weighted by molar-refractivity contribution is 7.89. The van der Waals surface area contributed by atoms with Crippen LogP contribution in [0.2, 0.25) is 0 Å². The molecule has 2 N–H and O–H groups in total. The minimum Gasteiger partial charge on any atom is -0.337 e. The van der Waals surface area contributed by atoms with Gasteiger partial charge < -0.3 is 9.88 Å². The second-order valence-electron chi connectivity index (χ2n) is 6.25. The highest BCUT2D eigenvalue weighted by atomic mass is 32.2. The number of amides is 1. The van der Waals surface area contributed by atoms with E-state index < -0.39 is 10.0 Å². The summed E-state index contributed by atoms with van der Waals surface area (Å²) in [5.41, 5.74) is 0.888. The van der Waals surface area contributed by atoms with Crippen LogP contribution in [0, 0.1) is 13.8 Å². The van der Waals surface area contributed by atoms with Gasteiger partial charge in [0.2, 0.25) is 15.6 Å². The lowest BCUT2D eigenvalue weighted by molar-refractivity contribution is 0.0764. The summed E-state index contributed by atoms with van der Waals surface area (Å²) in [7, 11) is -3.68. The third-order valence-corrected chi connectivity index (χ3v) is 6.58. The molecular formula is C16H21N5O4S. The number of nitrogens with one attached hydrogen (secondary N) is 2. The number of pyridine rings is 1. The van der Waals surface area contributed by atoms with Crippen LogP contribution in [-0.4, -0.2) is 64.9 Å². The van der Waals surface area contributed by atoms with Gasteiger partial charge >= 0.3 is 0 Å². The molecule has 2 aromatic rings. The van der Waals surface area contributed by atoms with E-state index in [4.69, 9.17) is 0 Å². The van der Waals surface area contributed by atoms with Gasteiger partial charge in [0.15, 0.2) is 0 Å². The van der Waals surface area contributed by atoms with Gasteiger partial charge in [-0.25, -0.2) is 8.42 Å². The standard InChI is InChI=1S/C16H21N5O4S/c1-11-15(12(2)19-18-11)26(24,25)21-7-3-6-20(8-9-21)16(23)13-4-5-17-14(22)10-13/h4-5,10H,3,6-9H2,1-2H3,(H,17,22)(H,18,19). The first kappa shape index (κ1) is 18.3. The van der Waals surface area contributed by atoms with Gasteiger partial charge in [-0.15, -0.1) is 0 Å². The quantitative estimate of drug-likeness (QED) is 0.792. The van der Waals surface area contributed by atoms with E-state index in [0.29, 0.717) is 36.5 Å². The van der Waals surface area contributed by atoms with Crippen LogP contribution < -0.4 is 5.56 Å². The highest BCUT2D eigenvalue weighted by Gasteiger charge is 2.32. The van der Waals surface area contributed by atoms with Crippen molar-refractivity contribution in [1.82, 2.24) is 24.4 Å². The number of hydrogen-bond donors (Lipinski definition) is 2. The van der Waals surface area contributed by atoms with Crippen molar-refractivity contribution in [1.29, 1.82) is 0 Å². The molecular weight excluding hydrogens is 358 g/mol. The van der Waals surface area contributed by atoms with Crippen molar-refractivity contribution in [2.24, 2.45) is 0 Å². The van der Waals surface area contributed by atoms with Crippen LogP contribution in [-0.2, 0) is 10.0 Å². The van der Waals surface area contributed by atoms with Gasteiger partial charge in [0, 0.05) is 44.0 Å². The maximum Gasteiger partial charge on any atom is 0.254 e. The van der Waals surface area contributed by atoms with E-state index in [0.717, 1.165) is 0 Å². The smallest absolute Gasteiger partial charge is 0.254 e. The normalized spacial score (nSPS) is 16.5. The van der Waals surface area contributed by atoms with Crippen LogP contribution in [0.15, 0.2) is 28.0 Å². The predicted molar refractivity (Wildman–Crippen MR) is 94.4 cm³/mol. The molecule has 0 saturated carbocycles. The Morgan fingerprint density at radius 3 is 2.62 bits per heavy atom. The third-order valence-electron chi connectivity index (χ3n) is 4.42. The molecule has 1 saturated heterocycles. The molecule has 140 valence electrons. The van der Waals surface area contributed by atoms with Crippen LogP contribution in [0.4, 0.5) is 0 Å². The number of nitrogens with zero attached hydrogens (tertiary/aromatic N) is 3. The zero-order valence-corrected chi connectivity index (χ0v) is 15.5. The first-order valence-corrected chi connectivity index (χ1v) is 9.74. The fourth-order valence-electron chi connectivity index (χ4n) is 3.15. The molecule has 1 amide bonds. The summed E-state index contributed by atoms with van der Waals surface area (Å²) in [4.78, 5) is 28.2. The fourth-order valence-corrected chi connectivity index (χ4v) is 4.95. The molecule has 1 aliphatic heterocycles. The van der Waals surface area contributed by atoms with Crippen molar-refractivity contribution in [2.75, 3.05) is 26.2 Å². The molecule has 0 atom stereocenters. The molecule has 0 radical (unpaired) electrons. The van der Waals surface area contributed by atoms with Crippen LogP contribution in [0.1, 0.15) is 28.2 Å². The summed E-state index contributed by atoms with van der Waals surface area (Å²) in [6.07, 6.45) is 1.94. The predicted octanol–water partition coefficient (Wildman–Crippen LogP) is 0.252. The molecule has 0 unspecified atom stereocenters. The molecule has 0 bridgehead atoms. The number of carbonyl (C=O) groups is 1. The zero-order valence-electron chi connectivity index (χ0n) is 14.7. The minimum absolute atomic E-state index is 0.196. The molecule has 26 heavy (non-hydrogen) atoms. The Morgan fingerprint density at radius 2 is 1.96 bits per heavy atom. The van der Waals surface area contributed by atoms with E-state index in [1.165, 1.54) is 16.6 Å². The van der Waals surface area contributed by atoms with E-state index in [1.54, 1.807) is 24.8 Å². The SMILES string of the molecule is Cc1n[nH]c(C)c1S(=O)(=O)N1CCCN(C(=O)c2cc[nH]c(=O)c2)CC1. The Balaban J connectivity index is 1.78. The number of H-pyrrole nitrogens is 2. The topological polar surface area (TPSA) is 119 Å². The first-order valence-electron chi connectivity index (χ1n) is 8.30. The van der Waals surface area contributed by atoms with E-state index >= 15 is 0 Å². The molecule has 3 heterocycles. The Morgan fingerprint density at radius 1 is 1.19 bits per heavy atom. The van der Waals surface area contributed by atoms with Gasteiger partial charge in [0.1, 0.15) is 4.90 Å². The van der Waals surface area contributed by atoms with Gasteiger partial charge in [0.05, 0.1) is 11.4 Å². The Kier molecular flexibility index (Phi) is 4.97. The molecule has 0 spiro atoms. The van der Waals surface area contributed by atoms with Gasteiger partial charge in [-0.05, 0) is 26.3 Å². The summed E-state index contributed by atoms with van der Waals surface area (Å²) in [5.74, 6) is -0.272. The van der Waals surface area contributed by atoms with Crippen molar-refractivity contribution in [3.05, 3.63) is 45.6 Å². The van der Waals surface area contributed by atoms with Gasteiger partial charge in [-0.1, -0.05) is 0 Å². The summed E-state index contributed by atoms with van der Waals surface area (Å²) in [6.45, 7) is 4.54. The minimum atomic E-state index is -3.68. The number of sulfonamides is 1. The van der Waals surface area contributed by atoms with Gasteiger partial charge in [-0.2, -0.15) is 9.40 Å². The Labute approximate surface area is 151 Å². The van der Waals surface area contributed by atoms with E-state index in [1.807, 2.05) is 0 Å². The Hall–Kier alpha value is -2.46. The van der Waals surface area contributed by atoms with Crippen molar-refractivity contribution < 1.29 is 13.2 Å². The zero-order chi connectivity index (χ0) is 18.9. The van der Waals surface area contributed by atoms with Crippen molar-refractivity contribution in [3.63, 3.8) is 0 Å².